The summed E-state index contributed by atoms with van der Waals surface area (Å²) in [6.45, 7) is 7.41. The first kappa shape index (κ1) is 23.1. The molecule has 1 heterocycles. The molecular weight excluding hydrogens is 412 g/mol. The Bertz CT molecular complexity index is 982. The van der Waals surface area contributed by atoms with Crippen LogP contribution in [0.25, 0.3) is 0 Å². The highest BCUT2D eigenvalue weighted by molar-refractivity contribution is 5.99. The fraction of sp³-hybridized carbons (Fsp3) is 0.375. The van der Waals surface area contributed by atoms with E-state index >= 15 is 0 Å². The Balaban J connectivity index is 1.48. The standard InChI is InChI=1S/C24H28N2O6/c1-17(19-10-11-20-21(12-19)31-16-30-20)25-32-15-23(28)29-14-22(27)26(24(2,3)4)13-18-8-6-5-7-9-18/h5-12H,13-16H2,1-4H3/b25-17-. The maximum absolute atomic E-state index is 12.7. The third-order valence-electron chi connectivity index (χ3n) is 4.83. The van der Waals surface area contributed by atoms with Gasteiger partial charge in [0.2, 0.25) is 13.4 Å². The number of esters is 1. The third-order valence-corrected chi connectivity index (χ3v) is 4.83. The quantitative estimate of drug-likeness (QED) is 0.355. The number of carbonyl (C=O) groups is 2. The minimum absolute atomic E-state index is 0.189. The summed E-state index contributed by atoms with van der Waals surface area (Å²) in [6, 6.07) is 15.1. The van der Waals surface area contributed by atoms with E-state index in [0.29, 0.717) is 23.8 Å². The molecule has 3 rings (SSSR count). The fourth-order valence-electron chi connectivity index (χ4n) is 3.08. The van der Waals surface area contributed by atoms with Crippen LogP contribution in [0.5, 0.6) is 11.5 Å². The maximum Gasteiger partial charge on any atom is 0.347 e. The SMILES string of the molecule is C/C(=N/OCC(=O)OCC(=O)N(Cc1ccccc1)C(C)(C)C)c1ccc2c(c1)OCO2. The number of hydrogen-bond donors (Lipinski definition) is 0. The van der Waals surface area contributed by atoms with Gasteiger partial charge < -0.3 is 23.9 Å². The van der Waals surface area contributed by atoms with E-state index in [-0.39, 0.29) is 19.3 Å². The van der Waals surface area contributed by atoms with Crippen LogP contribution in [0.4, 0.5) is 0 Å². The van der Waals surface area contributed by atoms with E-state index in [0.717, 1.165) is 11.1 Å². The zero-order valence-corrected chi connectivity index (χ0v) is 18.8. The van der Waals surface area contributed by atoms with Gasteiger partial charge in [0.25, 0.3) is 5.91 Å². The Kier molecular flexibility index (Phi) is 7.35. The lowest BCUT2D eigenvalue weighted by molar-refractivity contribution is -0.157. The summed E-state index contributed by atoms with van der Waals surface area (Å²) in [4.78, 5) is 31.5. The first-order chi connectivity index (χ1) is 15.2. The number of rotatable bonds is 8. The molecule has 0 spiro atoms. The molecule has 0 saturated carbocycles. The van der Waals surface area contributed by atoms with E-state index in [2.05, 4.69) is 5.16 Å². The van der Waals surface area contributed by atoms with Crippen LogP contribution in [0.2, 0.25) is 0 Å². The zero-order chi connectivity index (χ0) is 23.1. The predicted octanol–water partition coefficient (Wildman–Crippen LogP) is 3.53. The molecule has 0 aromatic heterocycles. The van der Waals surface area contributed by atoms with Crippen molar-refractivity contribution in [2.45, 2.75) is 39.8 Å². The van der Waals surface area contributed by atoms with Gasteiger partial charge in [0, 0.05) is 17.6 Å². The molecule has 2 aromatic carbocycles. The molecule has 1 aliphatic heterocycles. The number of benzene rings is 2. The summed E-state index contributed by atoms with van der Waals surface area (Å²) >= 11 is 0. The minimum atomic E-state index is -0.672. The fourth-order valence-corrected chi connectivity index (χ4v) is 3.08. The van der Waals surface area contributed by atoms with E-state index in [1.54, 1.807) is 24.0 Å². The van der Waals surface area contributed by atoms with Crippen LogP contribution in [0, 0.1) is 0 Å². The minimum Gasteiger partial charge on any atom is -0.454 e. The van der Waals surface area contributed by atoms with E-state index in [1.807, 2.05) is 57.2 Å². The van der Waals surface area contributed by atoms with Gasteiger partial charge in [-0.15, -0.1) is 0 Å². The summed E-state index contributed by atoms with van der Waals surface area (Å²) in [5, 5.41) is 3.94. The van der Waals surface area contributed by atoms with Gasteiger partial charge in [0.1, 0.15) is 0 Å². The number of ether oxygens (including phenoxy) is 3. The Labute approximate surface area is 187 Å². The van der Waals surface area contributed by atoms with Crippen LogP contribution in [-0.2, 0) is 25.7 Å². The van der Waals surface area contributed by atoms with Gasteiger partial charge in [-0.05, 0) is 51.5 Å². The molecule has 0 aliphatic carbocycles. The lowest BCUT2D eigenvalue weighted by atomic mass is 10.0. The zero-order valence-electron chi connectivity index (χ0n) is 18.8. The molecule has 170 valence electrons. The monoisotopic (exact) mass is 440 g/mol. The molecule has 1 amide bonds. The third kappa shape index (κ3) is 6.23. The second-order valence-corrected chi connectivity index (χ2v) is 8.32. The number of amides is 1. The average molecular weight is 440 g/mol. The number of oxime groups is 1. The lowest BCUT2D eigenvalue weighted by Gasteiger charge is -2.35. The number of carbonyl (C=O) groups excluding carboxylic acids is 2. The normalized spacial score (nSPS) is 12.9. The van der Waals surface area contributed by atoms with Gasteiger partial charge in [-0.3, -0.25) is 4.79 Å². The van der Waals surface area contributed by atoms with Crippen molar-refractivity contribution in [3.63, 3.8) is 0 Å². The first-order valence-electron chi connectivity index (χ1n) is 10.3. The van der Waals surface area contributed by atoms with E-state index in [4.69, 9.17) is 19.0 Å². The summed E-state index contributed by atoms with van der Waals surface area (Å²) in [6.07, 6.45) is 0. The van der Waals surface area contributed by atoms with Crippen molar-refractivity contribution in [2.24, 2.45) is 5.16 Å². The van der Waals surface area contributed by atoms with E-state index < -0.39 is 18.1 Å². The highest BCUT2D eigenvalue weighted by atomic mass is 16.7. The number of fused-ring (bicyclic) bond motifs is 1. The first-order valence-corrected chi connectivity index (χ1v) is 10.3. The molecule has 0 unspecified atom stereocenters. The summed E-state index contributed by atoms with van der Waals surface area (Å²) in [5.41, 5.74) is 1.91. The van der Waals surface area contributed by atoms with Gasteiger partial charge in [0.05, 0.1) is 5.71 Å². The molecule has 0 atom stereocenters. The van der Waals surface area contributed by atoms with E-state index in [1.165, 1.54) is 0 Å². The Morgan fingerprint density at radius 2 is 1.75 bits per heavy atom. The van der Waals surface area contributed by atoms with Crippen molar-refractivity contribution in [1.29, 1.82) is 0 Å². The second-order valence-electron chi connectivity index (χ2n) is 8.32. The van der Waals surface area contributed by atoms with Crippen molar-refractivity contribution >= 4 is 17.6 Å². The summed E-state index contributed by atoms with van der Waals surface area (Å²) in [5.74, 6) is 0.352. The molecule has 0 radical (unpaired) electrons. The van der Waals surface area contributed by atoms with Gasteiger partial charge in [-0.2, -0.15) is 0 Å². The molecule has 32 heavy (non-hydrogen) atoms. The van der Waals surface area contributed by atoms with Gasteiger partial charge >= 0.3 is 5.97 Å². The number of hydrogen-bond acceptors (Lipinski definition) is 7. The van der Waals surface area contributed by atoms with Crippen LogP contribution in [0.15, 0.2) is 53.7 Å². The summed E-state index contributed by atoms with van der Waals surface area (Å²) < 4.78 is 15.7. The molecule has 2 aromatic rings. The summed E-state index contributed by atoms with van der Waals surface area (Å²) in [7, 11) is 0. The average Bonchev–Trinajstić information content (AvgIpc) is 3.23. The molecule has 1 aliphatic rings. The van der Waals surface area contributed by atoms with Gasteiger partial charge in [-0.25, -0.2) is 4.79 Å². The van der Waals surface area contributed by atoms with Gasteiger partial charge in [-0.1, -0.05) is 35.5 Å². The Morgan fingerprint density at radius 3 is 2.47 bits per heavy atom. The maximum atomic E-state index is 12.7. The Hall–Kier alpha value is -3.55. The highest BCUT2D eigenvalue weighted by Gasteiger charge is 2.27. The van der Waals surface area contributed by atoms with Crippen LogP contribution in [0.1, 0.15) is 38.8 Å². The lowest BCUT2D eigenvalue weighted by Crippen LogP contribution is -2.47. The molecule has 8 nitrogen and oxygen atoms in total. The van der Waals surface area contributed by atoms with Crippen molar-refractivity contribution in [1.82, 2.24) is 4.90 Å². The molecule has 0 fully saturated rings. The topological polar surface area (TPSA) is 86.7 Å². The van der Waals surface area contributed by atoms with E-state index in [9.17, 15) is 9.59 Å². The largest absolute Gasteiger partial charge is 0.454 e. The molecule has 0 N–H and O–H groups in total. The molecule has 0 saturated heterocycles. The van der Waals surface area contributed by atoms with Crippen molar-refractivity contribution < 1.29 is 28.6 Å². The number of nitrogens with zero attached hydrogens (tertiary/aromatic N) is 2. The van der Waals surface area contributed by atoms with Crippen LogP contribution in [0.3, 0.4) is 0 Å². The second kappa shape index (κ2) is 10.2. The predicted molar refractivity (Wildman–Crippen MR) is 118 cm³/mol. The van der Waals surface area contributed by atoms with Gasteiger partial charge in [0.15, 0.2) is 18.1 Å². The van der Waals surface area contributed by atoms with Crippen molar-refractivity contribution in [3.05, 3.63) is 59.7 Å². The van der Waals surface area contributed by atoms with Crippen LogP contribution in [-0.4, -0.2) is 48.0 Å². The molecular formula is C24H28N2O6. The molecule has 8 heteroatoms. The van der Waals surface area contributed by atoms with Crippen molar-refractivity contribution in [2.75, 3.05) is 20.0 Å². The smallest absolute Gasteiger partial charge is 0.347 e. The Morgan fingerprint density at radius 1 is 1.03 bits per heavy atom. The highest BCUT2D eigenvalue weighted by Crippen LogP contribution is 2.32. The van der Waals surface area contributed by atoms with Crippen LogP contribution < -0.4 is 9.47 Å². The molecule has 0 bridgehead atoms. The van der Waals surface area contributed by atoms with Crippen molar-refractivity contribution in [3.8, 4) is 11.5 Å². The van der Waals surface area contributed by atoms with Crippen LogP contribution >= 0.6 is 0 Å².